The Morgan fingerprint density at radius 2 is 1.81 bits per heavy atom. The highest BCUT2D eigenvalue weighted by Crippen LogP contribution is 2.67. The SMILES string of the molecule is CC(=O)[C@@]1(F)CC[C@H]2[C@@H]3CCC4=CC(=O)CCC4=C3[C@@H](c3ccc(N(C)C)cc3)C[C@@]21C. The Hall–Kier alpha value is -2.23. The lowest BCUT2D eigenvalue weighted by molar-refractivity contribution is -0.139. The minimum atomic E-state index is -1.74. The summed E-state index contributed by atoms with van der Waals surface area (Å²) in [4.78, 5) is 26.8. The van der Waals surface area contributed by atoms with Crippen LogP contribution in [0.1, 0.15) is 70.3 Å². The predicted molar refractivity (Wildman–Crippen MR) is 126 cm³/mol. The number of rotatable bonds is 3. The van der Waals surface area contributed by atoms with E-state index in [-0.39, 0.29) is 23.4 Å². The Balaban J connectivity index is 1.67. The van der Waals surface area contributed by atoms with Gasteiger partial charge in [0.05, 0.1) is 0 Å². The minimum Gasteiger partial charge on any atom is -0.378 e. The maximum atomic E-state index is 16.3. The number of benzene rings is 1. The van der Waals surface area contributed by atoms with Crippen molar-refractivity contribution >= 4 is 17.3 Å². The number of carbonyl (C=O) groups is 2. The zero-order chi connectivity index (χ0) is 22.8. The number of anilines is 1. The van der Waals surface area contributed by atoms with E-state index >= 15 is 4.39 Å². The normalized spacial score (nSPS) is 36.2. The van der Waals surface area contributed by atoms with Crippen LogP contribution in [0.15, 0.2) is 47.1 Å². The molecular weight excluding hydrogens is 401 g/mol. The lowest BCUT2D eigenvalue weighted by Gasteiger charge is -2.53. The molecule has 0 unspecified atom stereocenters. The van der Waals surface area contributed by atoms with Crippen LogP contribution >= 0.6 is 0 Å². The molecule has 0 saturated heterocycles. The number of Topliss-reactive ketones (excluding diaryl/α,β-unsaturated/α-hetero) is 1. The number of ketones is 2. The summed E-state index contributed by atoms with van der Waals surface area (Å²) in [6, 6.07) is 8.64. The van der Waals surface area contributed by atoms with E-state index in [0.29, 0.717) is 25.2 Å². The molecule has 0 aliphatic heterocycles. The van der Waals surface area contributed by atoms with Crippen LogP contribution in [0.5, 0.6) is 0 Å². The zero-order valence-corrected chi connectivity index (χ0v) is 19.7. The van der Waals surface area contributed by atoms with Crippen LogP contribution in [-0.2, 0) is 9.59 Å². The molecule has 0 bridgehead atoms. The summed E-state index contributed by atoms with van der Waals surface area (Å²) in [6.07, 6.45) is 6.88. The summed E-state index contributed by atoms with van der Waals surface area (Å²) in [5.74, 6) is 0.507. The lowest BCUT2D eigenvalue weighted by Crippen LogP contribution is -2.52. The summed E-state index contributed by atoms with van der Waals surface area (Å²) >= 11 is 0. The van der Waals surface area contributed by atoms with Gasteiger partial charge in [0, 0.05) is 37.5 Å². The first-order valence-corrected chi connectivity index (χ1v) is 12.1. The van der Waals surface area contributed by atoms with Crippen LogP contribution in [-0.4, -0.2) is 31.3 Å². The second kappa shape index (κ2) is 7.40. The molecule has 5 atom stereocenters. The van der Waals surface area contributed by atoms with Crippen LogP contribution < -0.4 is 4.90 Å². The van der Waals surface area contributed by atoms with E-state index in [1.165, 1.54) is 29.2 Å². The standard InChI is InChI=1S/C28H34FNO2/c1-17(31)28(29)14-13-25-23-11-7-19-15-21(32)10-12-22(19)26(23)24(16-27(25,28)2)18-5-8-20(9-6-18)30(3)4/h5-6,8-9,15,23-25H,7,10-14,16H2,1-4H3/t23-,24+,25-,27-,28-/m0/s1. The van der Waals surface area contributed by atoms with Crippen LogP contribution in [0.4, 0.5) is 10.1 Å². The van der Waals surface area contributed by atoms with Gasteiger partial charge in [-0.2, -0.15) is 0 Å². The fraction of sp³-hybridized carbons (Fsp3) is 0.571. The van der Waals surface area contributed by atoms with Crippen LogP contribution in [0.25, 0.3) is 0 Å². The monoisotopic (exact) mass is 435 g/mol. The van der Waals surface area contributed by atoms with E-state index in [4.69, 9.17) is 0 Å². The van der Waals surface area contributed by atoms with Gasteiger partial charge in [-0.25, -0.2) is 4.39 Å². The molecule has 0 N–H and O–H groups in total. The number of hydrogen-bond acceptors (Lipinski definition) is 3. The van der Waals surface area contributed by atoms with Gasteiger partial charge in [-0.3, -0.25) is 9.59 Å². The molecule has 4 aliphatic carbocycles. The molecule has 0 heterocycles. The molecule has 32 heavy (non-hydrogen) atoms. The molecule has 0 spiro atoms. The summed E-state index contributed by atoms with van der Waals surface area (Å²) < 4.78 is 16.3. The lowest BCUT2D eigenvalue weighted by atomic mass is 9.51. The van der Waals surface area contributed by atoms with Crippen molar-refractivity contribution in [2.75, 3.05) is 19.0 Å². The van der Waals surface area contributed by atoms with Crippen LogP contribution in [0.3, 0.4) is 0 Å². The van der Waals surface area contributed by atoms with Crippen molar-refractivity contribution in [2.45, 2.75) is 70.4 Å². The van der Waals surface area contributed by atoms with Crippen molar-refractivity contribution < 1.29 is 14.0 Å². The van der Waals surface area contributed by atoms with E-state index in [2.05, 4.69) is 29.2 Å². The molecule has 4 heteroatoms. The maximum absolute atomic E-state index is 16.3. The molecule has 4 aliphatic rings. The molecule has 0 amide bonds. The molecule has 5 rings (SSSR count). The Bertz CT molecular complexity index is 1040. The van der Waals surface area contributed by atoms with Crippen molar-refractivity contribution in [2.24, 2.45) is 17.3 Å². The van der Waals surface area contributed by atoms with E-state index in [1.54, 1.807) is 0 Å². The third-order valence-electron chi connectivity index (χ3n) is 9.20. The van der Waals surface area contributed by atoms with Gasteiger partial charge in [-0.15, -0.1) is 0 Å². The maximum Gasteiger partial charge on any atom is 0.174 e. The molecule has 170 valence electrons. The van der Waals surface area contributed by atoms with Gasteiger partial charge in [0.2, 0.25) is 0 Å². The van der Waals surface area contributed by atoms with E-state index in [1.807, 2.05) is 27.1 Å². The predicted octanol–water partition coefficient (Wildman–Crippen LogP) is 5.95. The number of nitrogens with zero attached hydrogens (tertiary/aromatic N) is 1. The molecule has 2 fully saturated rings. The third kappa shape index (κ3) is 2.98. The van der Waals surface area contributed by atoms with E-state index < -0.39 is 11.1 Å². The highest BCUT2D eigenvalue weighted by molar-refractivity contribution is 5.93. The number of hydrogen-bond donors (Lipinski definition) is 0. The topological polar surface area (TPSA) is 37.4 Å². The molecular formula is C28H34FNO2. The fourth-order valence-electron chi connectivity index (χ4n) is 7.52. The van der Waals surface area contributed by atoms with Crippen molar-refractivity contribution in [1.29, 1.82) is 0 Å². The molecule has 0 aromatic heterocycles. The van der Waals surface area contributed by atoms with Crippen molar-refractivity contribution in [3.8, 4) is 0 Å². The Labute approximate surface area is 190 Å². The average molecular weight is 436 g/mol. The zero-order valence-electron chi connectivity index (χ0n) is 19.7. The summed E-state index contributed by atoms with van der Waals surface area (Å²) in [6.45, 7) is 3.49. The first kappa shape index (κ1) is 21.6. The van der Waals surface area contributed by atoms with Gasteiger partial charge >= 0.3 is 0 Å². The minimum absolute atomic E-state index is 0.0944. The van der Waals surface area contributed by atoms with E-state index in [0.717, 1.165) is 31.4 Å². The quantitative estimate of drug-likeness (QED) is 0.589. The Kier molecular flexibility index (Phi) is 4.99. The first-order chi connectivity index (χ1) is 15.2. The number of halogens is 1. The summed E-state index contributed by atoms with van der Waals surface area (Å²) in [5.41, 5.74) is 3.98. The van der Waals surface area contributed by atoms with Gasteiger partial charge < -0.3 is 4.90 Å². The van der Waals surface area contributed by atoms with Crippen LogP contribution in [0, 0.1) is 17.3 Å². The molecule has 1 aromatic rings. The second-order valence-corrected chi connectivity index (χ2v) is 10.9. The van der Waals surface area contributed by atoms with Crippen molar-refractivity contribution in [3.05, 3.63) is 52.6 Å². The average Bonchev–Trinajstić information content (AvgIpc) is 3.04. The smallest absolute Gasteiger partial charge is 0.174 e. The number of alkyl halides is 1. The van der Waals surface area contributed by atoms with Crippen molar-refractivity contribution in [3.63, 3.8) is 0 Å². The highest BCUT2D eigenvalue weighted by atomic mass is 19.1. The van der Waals surface area contributed by atoms with Gasteiger partial charge in [0.25, 0.3) is 0 Å². The first-order valence-electron chi connectivity index (χ1n) is 12.1. The summed E-state index contributed by atoms with van der Waals surface area (Å²) in [5, 5.41) is 0. The van der Waals surface area contributed by atoms with Crippen molar-refractivity contribution in [1.82, 2.24) is 0 Å². The Morgan fingerprint density at radius 1 is 1.09 bits per heavy atom. The fourth-order valence-corrected chi connectivity index (χ4v) is 7.52. The van der Waals surface area contributed by atoms with Gasteiger partial charge in [-0.05, 0) is 92.2 Å². The molecule has 3 nitrogen and oxygen atoms in total. The number of allylic oxidation sites excluding steroid dienone is 4. The Morgan fingerprint density at radius 3 is 2.47 bits per heavy atom. The third-order valence-corrected chi connectivity index (χ3v) is 9.20. The van der Waals surface area contributed by atoms with Crippen LogP contribution in [0.2, 0.25) is 0 Å². The molecule has 2 saturated carbocycles. The van der Waals surface area contributed by atoms with Gasteiger partial charge in [-0.1, -0.05) is 24.6 Å². The highest BCUT2D eigenvalue weighted by Gasteiger charge is 2.66. The van der Waals surface area contributed by atoms with Gasteiger partial charge in [0.15, 0.2) is 17.2 Å². The largest absolute Gasteiger partial charge is 0.378 e. The number of fused-ring (bicyclic) bond motifs is 4. The van der Waals surface area contributed by atoms with Gasteiger partial charge in [0.1, 0.15) is 0 Å². The van der Waals surface area contributed by atoms with E-state index in [9.17, 15) is 9.59 Å². The molecule has 1 aromatic carbocycles. The second-order valence-electron chi connectivity index (χ2n) is 10.9. The molecule has 0 radical (unpaired) electrons. The number of carbonyl (C=O) groups excluding carboxylic acids is 2. The summed E-state index contributed by atoms with van der Waals surface area (Å²) in [7, 11) is 4.06.